The van der Waals surface area contributed by atoms with Gasteiger partial charge in [0.1, 0.15) is 11.9 Å². The summed E-state index contributed by atoms with van der Waals surface area (Å²) in [5.41, 5.74) is 2.78. The first-order valence-electron chi connectivity index (χ1n) is 10.1. The first kappa shape index (κ1) is 17.4. The zero-order valence-electron chi connectivity index (χ0n) is 16.4. The van der Waals surface area contributed by atoms with Crippen LogP contribution in [0.25, 0.3) is 17.5 Å². The van der Waals surface area contributed by atoms with Gasteiger partial charge in [-0.3, -0.25) is 9.48 Å². The number of carbonyl (C=O) groups excluding carboxylic acids is 1. The van der Waals surface area contributed by atoms with Crippen LogP contribution in [0.1, 0.15) is 54.8 Å². The lowest BCUT2D eigenvalue weighted by molar-refractivity contribution is -0.118. The fraction of sp³-hybridized carbons (Fsp3) is 0.381. The molecule has 0 N–H and O–H groups in total. The Balaban J connectivity index is 1.42. The molecule has 150 valence electrons. The Labute approximate surface area is 171 Å². The SMILES string of the molecule is COc1ncnc(C2CC2)c1-c1ncc2c(n1)=NC(=O)C(c1cnn(C3CC3)c1)C=2. The molecule has 1 atom stereocenters. The van der Waals surface area contributed by atoms with Gasteiger partial charge >= 0.3 is 0 Å². The van der Waals surface area contributed by atoms with Crippen molar-refractivity contribution in [2.75, 3.05) is 7.11 Å². The highest BCUT2D eigenvalue weighted by Gasteiger charge is 2.32. The Bertz CT molecular complexity index is 1290. The molecule has 9 nitrogen and oxygen atoms in total. The van der Waals surface area contributed by atoms with Gasteiger partial charge in [-0.05, 0) is 25.7 Å². The highest BCUT2D eigenvalue weighted by atomic mass is 16.5. The first-order chi connectivity index (χ1) is 14.7. The molecular formula is C21H19N7O2. The van der Waals surface area contributed by atoms with Crippen molar-refractivity contribution in [2.24, 2.45) is 4.99 Å². The van der Waals surface area contributed by atoms with Crippen LogP contribution in [0.3, 0.4) is 0 Å². The van der Waals surface area contributed by atoms with Gasteiger partial charge in [-0.2, -0.15) is 10.1 Å². The smallest absolute Gasteiger partial charge is 0.259 e. The number of hydrogen-bond acceptors (Lipinski definition) is 7. The van der Waals surface area contributed by atoms with Crippen LogP contribution in [0.2, 0.25) is 0 Å². The van der Waals surface area contributed by atoms with Crippen molar-refractivity contribution in [2.45, 2.75) is 43.6 Å². The number of carbonyl (C=O) groups is 1. The molecule has 1 unspecified atom stereocenters. The lowest BCUT2D eigenvalue weighted by Crippen LogP contribution is -2.36. The number of hydrogen-bond donors (Lipinski definition) is 0. The van der Waals surface area contributed by atoms with Gasteiger partial charge in [0.2, 0.25) is 5.88 Å². The Hall–Kier alpha value is -3.49. The second-order valence-electron chi connectivity index (χ2n) is 7.97. The van der Waals surface area contributed by atoms with E-state index >= 15 is 0 Å². The summed E-state index contributed by atoms with van der Waals surface area (Å²) in [5.74, 6) is 0.521. The van der Waals surface area contributed by atoms with Crippen molar-refractivity contribution in [1.82, 2.24) is 29.7 Å². The van der Waals surface area contributed by atoms with Crippen molar-refractivity contribution in [3.63, 3.8) is 0 Å². The van der Waals surface area contributed by atoms with E-state index in [0.29, 0.717) is 34.7 Å². The van der Waals surface area contributed by atoms with Gasteiger partial charge in [-0.15, -0.1) is 0 Å². The molecule has 3 aromatic heterocycles. The van der Waals surface area contributed by atoms with E-state index in [9.17, 15) is 4.79 Å². The van der Waals surface area contributed by atoms with Crippen molar-refractivity contribution >= 4 is 12.0 Å². The van der Waals surface area contributed by atoms with Crippen LogP contribution >= 0.6 is 0 Å². The molecule has 4 heterocycles. The molecule has 0 saturated heterocycles. The van der Waals surface area contributed by atoms with E-state index in [1.807, 2.05) is 17.0 Å². The van der Waals surface area contributed by atoms with Gasteiger partial charge < -0.3 is 4.74 Å². The lowest BCUT2D eigenvalue weighted by Gasteiger charge is -2.12. The van der Waals surface area contributed by atoms with Crippen molar-refractivity contribution < 1.29 is 9.53 Å². The van der Waals surface area contributed by atoms with E-state index in [-0.39, 0.29) is 5.91 Å². The fourth-order valence-electron chi connectivity index (χ4n) is 3.84. The van der Waals surface area contributed by atoms with Gasteiger partial charge in [-0.1, -0.05) is 6.08 Å². The Morgan fingerprint density at radius 3 is 2.73 bits per heavy atom. The predicted octanol–water partition coefficient (Wildman–Crippen LogP) is 1.08. The monoisotopic (exact) mass is 401 g/mol. The summed E-state index contributed by atoms with van der Waals surface area (Å²) >= 11 is 0. The average molecular weight is 401 g/mol. The normalized spacial score (nSPS) is 20.3. The highest BCUT2D eigenvalue weighted by Crippen LogP contribution is 2.44. The molecule has 0 aromatic carbocycles. The summed E-state index contributed by atoms with van der Waals surface area (Å²) in [4.78, 5) is 34.8. The molecule has 2 aliphatic carbocycles. The van der Waals surface area contributed by atoms with Gasteiger partial charge in [0.25, 0.3) is 5.91 Å². The third-order valence-corrected chi connectivity index (χ3v) is 5.75. The van der Waals surface area contributed by atoms with Crippen LogP contribution in [0, 0.1) is 0 Å². The van der Waals surface area contributed by atoms with Crippen LogP contribution in [0.5, 0.6) is 5.88 Å². The van der Waals surface area contributed by atoms with Gasteiger partial charge in [-0.25, -0.2) is 19.9 Å². The van der Waals surface area contributed by atoms with E-state index in [1.54, 1.807) is 19.5 Å². The van der Waals surface area contributed by atoms with Crippen LogP contribution in [0.15, 0.2) is 29.9 Å². The molecule has 6 rings (SSSR count). The number of nitrogens with zero attached hydrogens (tertiary/aromatic N) is 7. The molecular weight excluding hydrogens is 382 g/mol. The number of ether oxygens (including phenoxy) is 1. The maximum Gasteiger partial charge on any atom is 0.259 e. The molecule has 2 saturated carbocycles. The molecule has 3 aromatic rings. The quantitative estimate of drug-likeness (QED) is 0.629. The first-order valence-corrected chi connectivity index (χ1v) is 10.1. The summed E-state index contributed by atoms with van der Waals surface area (Å²) in [5, 5.41) is 5.12. The summed E-state index contributed by atoms with van der Waals surface area (Å²) in [6, 6.07) is 0.469. The van der Waals surface area contributed by atoms with Crippen molar-refractivity contribution in [3.05, 3.63) is 46.9 Å². The maximum atomic E-state index is 12.8. The van der Waals surface area contributed by atoms with E-state index < -0.39 is 5.92 Å². The van der Waals surface area contributed by atoms with Gasteiger partial charge in [0, 0.05) is 29.1 Å². The Morgan fingerprint density at radius 1 is 1.10 bits per heavy atom. The van der Waals surface area contributed by atoms with Gasteiger partial charge in [0.15, 0.2) is 11.3 Å². The average Bonchev–Trinajstić information content (AvgIpc) is 3.71. The molecule has 9 heteroatoms. The minimum atomic E-state index is -0.462. The fourth-order valence-corrected chi connectivity index (χ4v) is 3.84. The van der Waals surface area contributed by atoms with Crippen LogP contribution in [-0.2, 0) is 4.79 Å². The summed E-state index contributed by atoms with van der Waals surface area (Å²) < 4.78 is 7.38. The number of rotatable bonds is 5. The standard InChI is InChI=1S/C21H19N7O2/c1-30-21-16(17(11-2-3-11)23-10-24-21)19-22-7-12-6-15(20(29)27-18(12)26-19)13-8-25-28(9-13)14-4-5-14/h6-11,14-15H,2-5H2,1H3. The zero-order valence-corrected chi connectivity index (χ0v) is 16.4. The lowest BCUT2D eigenvalue weighted by atomic mass is 9.99. The van der Waals surface area contributed by atoms with Crippen LogP contribution < -0.4 is 15.4 Å². The highest BCUT2D eigenvalue weighted by molar-refractivity contribution is 5.91. The van der Waals surface area contributed by atoms with Crippen molar-refractivity contribution in [1.29, 1.82) is 0 Å². The molecule has 30 heavy (non-hydrogen) atoms. The number of amides is 1. The maximum absolute atomic E-state index is 12.8. The summed E-state index contributed by atoms with van der Waals surface area (Å²) in [6.45, 7) is 0. The Kier molecular flexibility index (Phi) is 3.77. The molecule has 1 amide bonds. The minimum absolute atomic E-state index is 0.249. The molecule has 3 aliphatic rings. The van der Waals surface area contributed by atoms with Crippen molar-refractivity contribution in [3.8, 4) is 17.3 Å². The molecule has 0 spiro atoms. The Morgan fingerprint density at radius 2 is 1.97 bits per heavy atom. The van der Waals surface area contributed by atoms with Crippen LogP contribution in [0.4, 0.5) is 0 Å². The molecule has 1 aliphatic heterocycles. The summed E-state index contributed by atoms with van der Waals surface area (Å²) in [7, 11) is 1.56. The van der Waals surface area contributed by atoms with E-state index in [2.05, 4.69) is 30.0 Å². The molecule has 2 fully saturated rings. The predicted molar refractivity (Wildman–Crippen MR) is 105 cm³/mol. The second kappa shape index (κ2) is 6.51. The number of aromatic nitrogens is 6. The zero-order chi connectivity index (χ0) is 20.2. The van der Waals surface area contributed by atoms with Gasteiger partial charge in [0.05, 0.1) is 31.0 Å². The second-order valence-corrected chi connectivity index (χ2v) is 7.97. The number of methoxy groups -OCH3 is 1. The van der Waals surface area contributed by atoms with Crippen LogP contribution in [-0.4, -0.2) is 42.7 Å². The topological polar surface area (TPSA) is 108 Å². The molecule has 0 bridgehead atoms. The third-order valence-electron chi connectivity index (χ3n) is 5.75. The summed E-state index contributed by atoms with van der Waals surface area (Å²) in [6.07, 6.45) is 13.2. The molecule has 0 radical (unpaired) electrons. The van der Waals surface area contributed by atoms with E-state index in [4.69, 9.17) is 4.74 Å². The number of fused-ring (bicyclic) bond motifs is 1. The van der Waals surface area contributed by atoms with E-state index in [1.165, 1.54) is 6.33 Å². The third kappa shape index (κ3) is 2.89. The largest absolute Gasteiger partial charge is 0.480 e. The minimum Gasteiger partial charge on any atom is -0.480 e. The van der Waals surface area contributed by atoms with E-state index in [0.717, 1.165) is 42.2 Å².